The highest BCUT2D eigenvalue weighted by atomic mass is 16.5. The van der Waals surface area contributed by atoms with Crippen LogP contribution >= 0.6 is 0 Å². The Bertz CT molecular complexity index is 413. The monoisotopic (exact) mass is 235 g/mol. The maximum Gasteiger partial charge on any atom is 0.340 e. The molecule has 0 unspecified atom stereocenters. The third kappa shape index (κ3) is 2.58. The van der Waals surface area contributed by atoms with E-state index in [2.05, 4.69) is 0 Å². The minimum Gasteiger partial charge on any atom is -0.465 e. The van der Waals surface area contributed by atoms with Crippen LogP contribution in [0.25, 0.3) is 0 Å². The molecule has 2 N–H and O–H groups in total. The van der Waals surface area contributed by atoms with Crippen LogP contribution in [-0.2, 0) is 16.1 Å². The quantitative estimate of drug-likeness (QED) is 0.641. The molecule has 0 atom stereocenters. The van der Waals surface area contributed by atoms with Gasteiger partial charge in [0.05, 0.1) is 25.4 Å². The highest BCUT2D eigenvalue weighted by Crippen LogP contribution is 2.25. The predicted octanol–water partition coefficient (Wildman–Crippen LogP) is 2.12. The number of methoxy groups -OCH3 is 1. The molecule has 1 saturated carbocycles. The number of benzene rings is 1. The second-order valence-corrected chi connectivity index (χ2v) is 4.24. The van der Waals surface area contributed by atoms with Crippen molar-refractivity contribution in [3.05, 3.63) is 29.3 Å². The van der Waals surface area contributed by atoms with Crippen molar-refractivity contribution in [1.29, 1.82) is 0 Å². The van der Waals surface area contributed by atoms with Gasteiger partial charge < -0.3 is 15.2 Å². The van der Waals surface area contributed by atoms with E-state index in [4.69, 9.17) is 15.2 Å². The molecule has 0 heterocycles. The zero-order chi connectivity index (χ0) is 12.3. The number of esters is 1. The summed E-state index contributed by atoms with van der Waals surface area (Å²) in [5, 5.41) is 0. The normalized spacial score (nSPS) is 15.4. The van der Waals surface area contributed by atoms with Crippen LogP contribution in [0.1, 0.15) is 35.2 Å². The standard InChI is InChI=1S/C13H17NO3/c1-16-13(15)12-9(4-2-7-11(12)14)8-17-10-5-3-6-10/h2,4,7,10H,3,5-6,8,14H2,1H3. The summed E-state index contributed by atoms with van der Waals surface area (Å²) < 4.78 is 10.4. The molecule has 1 fully saturated rings. The lowest BCUT2D eigenvalue weighted by molar-refractivity contribution is -0.00914. The number of nitrogens with two attached hydrogens (primary N) is 1. The number of anilines is 1. The summed E-state index contributed by atoms with van der Waals surface area (Å²) in [6, 6.07) is 5.36. The molecular formula is C13H17NO3. The Hall–Kier alpha value is -1.55. The van der Waals surface area contributed by atoms with E-state index in [0.29, 0.717) is 24.0 Å². The fourth-order valence-corrected chi connectivity index (χ4v) is 1.84. The van der Waals surface area contributed by atoms with E-state index in [1.165, 1.54) is 13.5 Å². The van der Waals surface area contributed by atoms with Crippen molar-refractivity contribution in [1.82, 2.24) is 0 Å². The van der Waals surface area contributed by atoms with Gasteiger partial charge in [-0.25, -0.2) is 4.79 Å². The van der Waals surface area contributed by atoms with E-state index < -0.39 is 5.97 Å². The lowest BCUT2D eigenvalue weighted by atomic mass is 9.96. The second kappa shape index (κ2) is 5.19. The lowest BCUT2D eigenvalue weighted by Crippen LogP contribution is -2.22. The average molecular weight is 235 g/mol. The third-order valence-electron chi connectivity index (χ3n) is 3.10. The molecule has 92 valence electrons. The van der Waals surface area contributed by atoms with Crippen LogP contribution in [-0.4, -0.2) is 19.2 Å². The molecule has 0 radical (unpaired) electrons. The Morgan fingerprint density at radius 1 is 1.47 bits per heavy atom. The van der Waals surface area contributed by atoms with Gasteiger partial charge in [0.1, 0.15) is 0 Å². The van der Waals surface area contributed by atoms with E-state index in [0.717, 1.165) is 18.4 Å². The number of hydrogen-bond acceptors (Lipinski definition) is 4. The minimum absolute atomic E-state index is 0.335. The van der Waals surface area contributed by atoms with Crippen LogP contribution in [0.4, 0.5) is 5.69 Å². The summed E-state index contributed by atoms with van der Waals surface area (Å²) in [5.41, 5.74) is 7.45. The Labute approximate surface area is 101 Å². The molecule has 1 aliphatic rings. The van der Waals surface area contributed by atoms with Gasteiger partial charge in [-0.15, -0.1) is 0 Å². The summed E-state index contributed by atoms with van der Waals surface area (Å²) in [6.07, 6.45) is 3.78. The van der Waals surface area contributed by atoms with Gasteiger partial charge in [-0.05, 0) is 30.9 Å². The SMILES string of the molecule is COC(=O)c1c(N)cccc1COC1CCC1. The number of carbonyl (C=O) groups is 1. The first-order chi connectivity index (χ1) is 8.22. The Balaban J connectivity index is 2.13. The molecule has 4 heteroatoms. The highest BCUT2D eigenvalue weighted by molar-refractivity contribution is 5.96. The fraction of sp³-hybridized carbons (Fsp3) is 0.462. The van der Waals surface area contributed by atoms with Gasteiger partial charge in [0, 0.05) is 5.69 Å². The van der Waals surface area contributed by atoms with Crippen LogP contribution in [0.15, 0.2) is 18.2 Å². The molecule has 4 nitrogen and oxygen atoms in total. The minimum atomic E-state index is -0.407. The van der Waals surface area contributed by atoms with Crippen molar-refractivity contribution in [2.75, 3.05) is 12.8 Å². The van der Waals surface area contributed by atoms with Crippen molar-refractivity contribution in [2.45, 2.75) is 32.0 Å². The summed E-state index contributed by atoms with van der Waals surface area (Å²) in [4.78, 5) is 11.6. The topological polar surface area (TPSA) is 61.5 Å². The first-order valence-corrected chi connectivity index (χ1v) is 5.79. The Kier molecular flexibility index (Phi) is 3.64. The number of ether oxygens (including phenoxy) is 2. The van der Waals surface area contributed by atoms with Gasteiger partial charge in [0.15, 0.2) is 0 Å². The number of hydrogen-bond donors (Lipinski definition) is 1. The van der Waals surface area contributed by atoms with E-state index >= 15 is 0 Å². The van der Waals surface area contributed by atoms with E-state index in [1.807, 2.05) is 12.1 Å². The van der Waals surface area contributed by atoms with E-state index in [9.17, 15) is 4.79 Å². The lowest BCUT2D eigenvalue weighted by Gasteiger charge is -2.26. The van der Waals surface area contributed by atoms with E-state index in [1.54, 1.807) is 6.07 Å². The smallest absolute Gasteiger partial charge is 0.340 e. The molecule has 1 aromatic carbocycles. The summed E-state index contributed by atoms with van der Waals surface area (Å²) in [6.45, 7) is 0.417. The Morgan fingerprint density at radius 2 is 2.24 bits per heavy atom. The molecule has 0 aliphatic heterocycles. The third-order valence-corrected chi connectivity index (χ3v) is 3.10. The van der Waals surface area contributed by atoms with Crippen molar-refractivity contribution < 1.29 is 14.3 Å². The fourth-order valence-electron chi connectivity index (χ4n) is 1.84. The maximum absolute atomic E-state index is 11.6. The largest absolute Gasteiger partial charge is 0.465 e. The van der Waals surface area contributed by atoms with E-state index in [-0.39, 0.29) is 0 Å². The molecule has 0 saturated heterocycles. The average Bonchev–Trinajstić information content (AvgIpc) is 2.26. The number of rotatable bonds is 4. The van der Waals surface area contributed by atoms with Crippen LogP contribution in [0.2, 0.25) is 0 Å². The summed E-state index contributed by atoms with van der Waals surface area (Å²) in [5.74, 6) is -0.407. The zero-order valence-electron chi connectivity index (χ0n) is 9.94. The molecular weight excluding hydrogens is 218 g/mol. The molecule has 1 aromatic rings. The molecule has 17 heavy (non-hydrogen) atoms. The maximum atomic E-state index is 11.6. The van der Waals surface area contributed by atoms with Gasteiger partial charge in [-0.3, -0.25) is 0 Å². The zero-order valence-corrected chi connectivity index (χ0v) is 9.94. The van der Waals surface area contributed by atoms with Crippen LogP contribution < -0.4 is 5.73 Å². The molecule has 0 bridgehead atoms. The molecule has 0 spiro atoms. The van der Waals surface area contributed by atoms with Crippen molar-refractivity contribution in [2.24, 2.45) is 0 Å². The van der Waals surface area contributed by atoms with Crippen molar-refractivity contribution in [3.8, 4) is 0 Å². The van der Waals surface area contributed by atoms with Crippen LogP contribution in [0, 0.1) is 0 Å². The first-order valence-electron chi connectivity index (χ1n) is 5.79. The summed E-state index contributed by atoms with van der Waals surface area (Å²) in [7, 11) is 1.35. The molecule has 0 amide bonds. The van der Waals surface area contributed by atoms with Gasteiger partial charge in [-0.1, -0.05) is 12.1 Å². The van der Waals surface area contributed by atoms with Gasteiger partial charge in [0.25, 0.3) is 0 Å². The van der Waals surface area contributed by atoms with Crippen molar-refractivity contribution in [3.63, 3.8) is 0 Å². The number of nitrogen functional groups attached to an aromatic ring is 1. The molecule has 1 aliphatic carbocycles. The predicted molar refractivity (Wildman–Crippen MR) is 64.6 cm³/mol. The first kappa shape index (κ1) is 11.9. The summed E-state index contributed by atoms with van der Waals surface area (Å²) >= 11 is 0. The highest BCUT2D eigenvalue weighted by Gasteiger charge is 2.20. The Morgan fingerprint density at radius 3 is 2.82 bits per heavy atom. The van der Waals surface area contributed by atoms with Crippen molar-refractivity contribution >= 4 is 11.7 Å². The van der Waals surface area contributed by atoms with Gasteiger partial charge in [0.2, 0.25) is 0 Å². The van der Waals surface area contributed by atoms with Gasteiger partial charge >= 0.3 is 5.97 Å². The second-order valence-electron chi connectivity index (χ2n) is 4.24. The molecule has 2 rings (SSSR count). The number of carbonyl (C=O) groups excluding carboxylic acids is 1. The van der Waals surface area contributed by atoms with Gasteiger partial charge in [-0.2, -0.15) is 0 Å². The van der Waals surface area contributed by atoms with Crippen LogP contribution in [0.3, 0.4) is 0 Å². The van der Waals surface area contributed by atoms with Crippen LogP contribution in [0.5, 0.6) is 0 Å². The molecule has 0 aromatic heterocycles.